The molecule has 0 fully saturated rings. The Balaban J connectivity index is 4.15. The zero-order valence-electron chi connectivity index (χ0n) is 8.29. The third-order valence-corrected chi connectivity index (χ3v) is 4.10. The highest BCUT2D eigenvalue weighted by Gasteiger charge is 2.21. The van der Waals surface area contributed by atoms with Gasteiger partial charge in [-0.25, -0.2) is 0 Å². The molecule has 0 saturated heterocycles. The van der Waals surface area contributed by atoms with E-state index in [1.54, 1.807) is 20.8 Å². The summed E-state index contributed by atoms with van der Waals surface area (Å²) in [7, 11) is -2.69. The van der Waals surface area contributed by atoms with E-state index in [9.17, 15) is 9.36 Å². The van der Waals surface area contributed by atoms with Crippen molar-refractivity contribution in [2.24, 2.45) is 0 Å². The standard InChI is InChI=1S/C9H15O3P/c1-4-7-8-9(10)12-13(11,5-2)6-3/h5-6,8H2,1-3H3. The van der Waals surface area contributed by atoms with Crippen LogP contribution >= 0.6 is 7.37 Å². The van der Waals surface area contributed by atoms with Gasteiger partial charge in [-0.15, -0.1) is 5.92 Å². The molecule has 0 aromatic rings. The molecule has 0 N–H and O–H groups in total. The average Bonchev–Trinajstić information content (AvgIpc) is 2.14. The van der Waals surface area contributed by atoms with E-state index in [2.05, 4.69) is 11.8 Å². The summed E-state index contributed by atoms with van der Waals surface area (Å²) >= 11 is 0. The molecular formula is C9H15O3P. The van der Waals surface area contributed by atoms with Gasteiger partial charge in [0.15, 0.2) is 0 Å². The lowest BCUT2D eigenvalue weighted by atomic mass is 10.4. The zero-order valence-corrected chi connectivity index (χ0v) is 9.19. The molecule has 0 aliphatic heterocycles. The van der Waals surface area contributed by atoms with Crippen LogP contribution < -0.4 is 0 Å². The Morgan fingerprint density at radius 3 is 2.31 bits per heavy atom. The van der Waals surface area contributed by atoms with Gasteiger partial charge in [-0.05, 0) is 6.92 Å². The summed E-state index contributed by atoms with van der Waals surface area (Å²) in [6.45, 7) is 5.15. The summed E-state index contributed by atoms with van der Waals surface area (Å²) in [5.74, 6) is 4.67. The van der Waals surface area contributed by atoms with Crippen molar-refractivity contribution in [2.75, 3.05) is 12.3 Å². The number of carbonyl (C=O) groups is 1. The van der Waals surface area contributed by atoms with Gasteiger partial charge in [0, 0.05) is 12.3 Å². The molecule has 0 heterocycles. The Kier molecular flexibility index (Phi) is 5.50. The molecule has 74 valence electrons. The minimum absolute atomic E-state index is 0.0283. The fourth-order valence-electron chi connectivity index (χ4n) is 0.731. The molecule has 0 aromatic carbocycles. The number of hydrogen-bond donors (Lipinski definition) is 0. The highest BCUT2D eigenvalue weighted by atomic mass is 31.2. The smallest absolute Gasteiger partial charge is 0.322 e. The molecule has 4 heteroatoms. The van der Waals surface area contributed by atoms with E-state index in [0.29, 0.717) is 12.3 Å². The number of carbonyl (C=O) groups excluding carboxylic acids is 1. The normalized spacial score (nSPS) is 10.1. The minimum Gasteiger partial charge on any atom is -0.411 e. The first-order chi connectivity index (χ1) is 6.08. The first-order valence-corrected chi connectivity index (χ1v) is 6.27. The molecule has 0 radical (unpaired) electrons. The Bertz CT molecular complexity index is 264. The maximum absolute atomic E-state index is 11.6. The van der Waals surface area contributed by atoms with Crippen molar-refractivity contribution in [3.05, 3.63) is 0 Å². The lowest BCUT2D eigenvalue weighted by Gasteiger charge is -2.13. The van der Waals surface area contributed by atoms with E-state index in [1.165, 1.54) is 0 Å². The van der Waals surface area contributed by atoms with Crippen molar-refractivity contribution in [2.45, 2.75) is 27.2 Å². The van der Waals surface area contributed by atoms with Gasteiger partial charge in [-0.3, -0.25) is 9.36 Å². The van der Waals surface area contributed by atoms with E-state index in [4.69, 9.17) is 4.52 Å². The summed E-state index contributed by atoms with van der Waals surface area (Å²) in [5, 5.41) is 0. The molecular weight excluding hydrogens is 187 g/mol. The number of hydrogen-bond acceptors (Lipinski definition) is 3. The van der Waals surface area contributed by atoms with Gasteiger partial charge in [-0.1, -0.05) is 19.8 Å². The molecule has 0 amide bonds. The number of rotatable bonds is 4. The molecule has 0 atom stereocenters. The summed E-state index contributed by atoms with van der Waals surface area (Å²) < 4.78 is 16.5. The topological polar surface area (TPSA) is 43.4 Å². The summed E-state index contributed by atoms with van der Waals surface area (Å²) in [5.41, 5.74) is 0. The largest absolute Gasteiger partial charge is 0.411 e. The molecule has 0 spiro atoms. The van der Waals surface area contributed by atoms with Crippen LogP contribution in [0.2, 0.25) is 0 Å². The average molecular weight is 202 g/mol. The molecule has 3 nitrogen and oxygen atoms in total. The maximum Gasteiger partial charge on any atom is 0.322 e. The lowest BCUT2D eigenvalue weighted by Crippen LogP contribution is -2.04. The third kappa shape index (κ3) is 4.75. The van der Waals surface area contributed by atoms with Crippen LogP contribution in [-0.2, 0) is 13.9 Å². The molecule has 0 unspecified atom stereocenters. The van der Waals surface area contributed by atoms with Crippen LogP contribution in [0.4, 0.5) is 0 Å². The summed E-state index contributed by atoms with van der Waals surface area (Å²) in [6.07, 6.45) is 0.823. The van der Waals surface area contributed by atoms with Crippen molar-refractivity contribution in [3.8, 4) is 11.8 Å². The Morgan fingerprint density at radius 1 is 1.38 bits per heavy atom. The van der Waals surface area contributed by atoms with Crippen LogP contribution in [-0.4, -0.2) is 18.3 Å². The predicted molar refractivity (Wildman–Crippen MR) is 52.8 cm³/mol. The molecule has 0 aliphatic rings. The second-order valence-corrected chi connectivity index (χ2v) is 5.59. The van der Waals surface area contributed by atoms with Crippen LogP contribution in [0.15, 0.2) is 0 Å². The van der Waals surface area contributed by atoms with Gasteiger partial charge in [0.1, 0.15) is 6.42 Å². The maximum atomic E-state index is 11.6. The summed E-state index contributed by atoms with van der Waals surface area (Å²) in [4.78, 5) is 11.0. The zero-order chi connectivity index (χ0) is 10.3. The van der Waals surface area contributed by atoms with Gasteiger partial charge in [0.05, 0.1) is 0 Å². The molecule has 0 aliphatic carbocycles. The van der Waals surface area contributed by atoms with Crippen molar-refractivity contribution in [1.82, 2.24) is 0 Å². The van der Waals surface area contributed by atoms with E-state index in [0.717, 1.165) is 0 Å². The lowest BCUT2D eigenvalue weighted by molar-refractivity contribution is -0.132. The molecule has 0 saturated carbocycles. The van der Waals surface area contributed by atoms with Gasteiger partial charge in [0.25, 0.3) is 0 Å². The second kappa shape index (κ2) is 5.83. The van der Waals surface area contributed by atoms with Crippen molar-refractivity contribution in [3.63, 3.8) is 0 Å². The Morgan fingerprint density at radius 2 is 1.92 bits per heavy atom. The fraction of sp³-hybridized carbons (Fsp3) is 0.667. The van der Waals surface area contributed by atoms with Crippen LogP contribution in [0, 0.1) is 11.8 Å². The van der Waals surface area contributed by atoms with Crippen molar-refractivity contribution >= 4 is 13.3 Å². The second-order valence-electron chi connectivity index (χ2n) is 2.51. The Labute approximate surface area is 79.3 Å². The minimum atomic E-state index is -2.69. The van der Waals surface area contributed by atoms with E-state index in [1.807, 2.05) is 0 Å². The van der Waals surface area contributed by atoms with Crippen LogP contribution in [0.25, 0.3) is 0 Å². The Hall–Kier alpha value is -0.740. The molecule has 0 bridgehead atoms. The van der Waals surface area contributed by atoms with Gasteiger partial charge in [0.2, 0.25) is 7.37 Å². The first-order valence-electron chi connectivity index (χ1n) is 4.28. The van der Waals surface area contributed by atoms with E-state index < -0.39 is 13.3 Å². The van der Waals surface area contributed by atoms with Crippen LogP contribution in [0.5, 0.6) is 0 Å². The third-order valence-electron chi connectivity index (χ3n) is 1.64. The summed E-state index contributed by atoms with van der Waals surface area (Å²) in [6, 6.07) is 0. The van der Waals surface area contributed by atoms with Gasteiger partial charge in [-0.2, -0.15) is 0 Å². The molecule has 13 heavy (non-hydrogen) atoms. The van der Waals surface area contributed by atoms with E-state index >= 15 is 0 Å². The van der Waals surface area contributed by atoms with E-state index in [-0.39, 0.29) is 6.42 Å². The van der Waals surface area contributed by atoms with Crippen molar-refractivity contribution < 1.29 is 13.9 Å². The quantitative estimate of drug-likeness (QED) is 0.518. The highest BCUT2D eigenvalue weighted by molar-refractivity contribution is 7.59. The molecule has 0 aromatic heterocycles. The predicted octanol–water partition coefficient (Wildman–Crippen LogP) is 2.26. The highest BCUT2D eigenvalue weighted by Crippen LogP contribution is 2.45. The molecule has 0 rings (SSSR count). The van der Waals surface area contributed by atoms with Gasteiger partial charge >= 0.3 is 5.97 Å². The first kappa shape index (κ1) is 12.3. The fourth-order valence-corrected chi connectivity index (χ4v) is 1.87. The van der Waals surface area contributed by atoms with Crippen molar-refractivity contribution in [1.29, 1.82) is 0 Å². The van der Waals surface area contributed by atoms with Crippen LogP contribution in [0.3, 0.4) is 0 Å². The monoisotopic (exact) mass is 202 g/mol. The van der Waals surface area contributed by atoms with Gasteiger partial charge < -0.3 is 4.52 Å². The SMILES string of the molecule is CC#CCC(=O)OP(=O)(CC)CC. The van der Waals surface area contributed by atoms with Crippen LogP contribution in [0.1, 0.15) is 27.2 Å².